The standard InChI is InChI=1S/C11H19N3O2/c1-8(4-7-12)9-13-10(14-16-9)11(15-2)5-3-6-11/h8H,3-7,12H2,1-2H3. The van der Waals surface area contributed by atoms with Crippen molar-refractivity contribution in [3.05, 3.63) is 11.7 Å². The van der Waals surface area contributed by atoms with Gasteiger partial charge in [0, 0.05) is 13.0 Å². The summed E-state index contributed by atoms with van der Waals surface area (Å²) in [5, 5.41) is 4.03. The molecule has 2 rings (SSSR count). The van der Waals surface area contributed by atoms with Gasteiger partial charge in [-0.15, -0.1) is 0 Å². The first-order chi connectivity index (χ1) is 7.72. The number of ether oxygens (including phenoxy) is 1. The fraction of sp³-hybridized carbons (Fsp3) is 0.818. The van der Waals surface area contributed by atoms with E-state index < -0.39 is 0 Å². The van der Waals surface area contributed by atoms with Gasteiger partial charge in [0.1, 0.15) is 5.60 Å². The minimum atomic E-state index is -0.288. The van der Waals surface area contributed by atoms with E-state index in [2.05, 4.69) is 10.1 Å². The molecule has 1 aliphatic carbocycles. The Balaban J connectivity index is 2.12. The molecule has 16 heavy (non-hydrogen) atoms. The SMILES string of the molecule is COC1(c2noc(C(C)CCN)n2)CCC1. The first-order valence-electron chi connectivity index (χ1n) is 5.81. The molecule has 1 saturated carbocycles. The summed E-state index contributed by atoms with van der Waals surface area (Å²) in [6.07, 6.45) is 3.99. The fourth-order valence-corrected chi connectivity index (χ4v) is 2.01. The highest BCUT2D eigenvalue weighted by molar-refractivity contribution is 5.07. The maximum absolute atomic E-state index is 5.51. The average molecular weight is 225 g/mol. The van der Waals surface area contributed by atoms with Crippen LogP contribution in [0.3, 0.4) is 0 Å². The van der Waals surface area contributed by atoms with Crippen molar-refractivity contribution in [2.24, 2.45) is 5.73 Å². The summed E-state index contributed by atoms with van der Waals surface area (Å²) < 4.78 is 10.8. The number of hydrogen-bond acceptors (Lipinski definition) is 5. The second kappa shape index (κ2) is 4.51. The van der Waals surface area contributed by atoms with Crippen LogP contribution in [0.1, 0.15) is 50.2 Å². The zero-order chi connectivity index (χ0) is 11.6. The second-order valence-corrected chi connectivity index (χ2v) is 4.49. The third-order valence-corrected chi connectivity index (χ3v) is 3.42. The minimum Gasteiger partial charge on any atom is -0.370 e. The summed E-state index contributed by atoms with van der Waals surface area (Å²) >= 11 is 0. The molecule has 0 spiro atoms. The first kappa shape index (κ1) is 11.5. The largest absolute Gasteiger partial charge is 0.370 e. The lowest BCUT2D eigenvalue weighted by molar-refractivity contribution is -0.0858. The zero-order valence-corrected chi connectivity index (χ0v) is 9.90. The maximum Gasteiger partial charge on any atom is 0.229 e. The van der Waals surface area contributed by atoms with Crippen molar-refractivity contribution < 1.29 is 9.26 Å². The lowest BCUT2D eigenvalue weighted by atomic mass is 9.79. The van der Waals surface area contributed by atoms with E-state index in [0.29, 0.717) is 18.3 Å². The van der Waals surface area contributed by atoms with Crippen LogP contribution in [-0.2, 0) is 10.3 Å². The van der Waals surface area contributed by atoms with Gasteiger partial charge in [0.15, 0.2) is 0 Å². The zero-order valence-electron chi connectivity index (χ0n) is 9.90. The molecule has 0 radical (unpaired) electrons. The van der Waals surface area contributed by atoms with Gasteiger partial charge in [0.2, 0.25) is 11.7 Å². The molecule has 1 aliphatic rings. The molecule has 0 amide bonds. The van der Waals surface area contributed by atoms with E-state index in [1.165, 1.54) is 0 Å². The molecule has 0 aromatic carbocycles. The Hall–Kier alpha value is -0.940. The van der Waals surface area contributed by atoms with E-state index in [1.807, 2.05) is 6.92 Å². The van der Waals surface area contributed by atoms with Crippen molar-refractivity contribution in [3.8, 4) is 0 Å². The van der Waals surface area contributed by atoms with Crippen molar-refractivity contribution in [2.75, 3.05) is 13.7 Å². The van der Waals surface area contributed by atoms with E-state index in [0.717, 1.165) is 25.7 Å². The molecule has 1 heterocycles. The van der Waals surface area contributed by atoms with Gasteiger partial charge in [-0.25, -0.2) is 0 Å². The summed E-state index contributed by atoms with van der Waals surface area (Å²) in [6.45, 7) is 2.68. The van der Waals surface area contributed by atoms with Crippen LogP contribution in [0.5, 0.6) is 0 Å². The van der Waals surface area contributed by atoms with E-state index >= 15 is 0 Å². The molecular weight excluding hydrogens is 206 g/mol. The molecule has 1 atom stereocenters. The van der Waals surface area contributed by atoms with Gasteiger partial charge < -0.3 is 15.0 Å². The number of hydrogen-bond donors (Lipinski definition) is 1. The lowest BCUT2D eigenvalue weighted by Crippen LogP contribution is -2.37. The summed E-state index contributed by atoms with van der Waals surface area (Å²) in [4.78, 5) is 4.44. The summed E-state index contributed by atoms with van der Waals surface area (Å²) in [6, 6.07) is 0. The van der Waals surface area contributed by atoms with Crippen LogP contribution in [0, 0.1) is 0 Å². The summed E-state index contributed by atoms with van der Waals surface area (Å²) in [5.41, 5.74) is 5.22. The van der Waals surface area contributed by atoms with Gasteiger partial charge in [0.25, 0.3) is 0 Å². The molecule has 0 saturated heterocycles. The minimum absolute atomic E-state index is 0.222. The highest BCUT2D eigenvalue weighted by Gasteiger charge is 2.43. The Morgan fingerprint density at radius 3 is 2.81 bits per heavy atom. The molecule has 90 valence electrons. The highest BCUT2D eigenvalue weighted by Crippen LogP contribution is 2.43. The molecule has 1 fully saturated rings. The van der Waals surface area contributed by atoms with Crippen molar-refractivity contribution in [3.63, 3.8) is 0 Å². The smallest absolute Gasteiger partial charge is 0.229 e. The van der Waals surface area contributed by atoms with E-state index in [1.54, 1.807) is 7.11 Å². The van der Waals surface area contributed by atoms with Crippen LogP contribution in [0.25, 0.3) is 0 Å². The quantitative estimate of drug-likeness (QED) is 0.822. The van der Waals surface area contributed by atoms with Gasteiger partial charge in [0.05, 0.1) is 0 Å². The molecule has 1 aromatic rings. The molecule has 5 nitrogen and oxygen atoms in total. The van der Waals surface area contributed by atoms with E-state index in [-0.39, 0.29) is 11.5 Å². The van der Waals surface area contributed by atoms with Crippen LogP contribution < -0.4 is 5.73 Å². The van der Waals surface area contributed by atoms with Gasteiger partial charge >= 0.3 is 0 Å². The van der Waals surface area contributed by atoms with Crippen molar-refractivity contribution in [1.82, 2.24) is 10.1 Å². The Bertz CT molecular complexity index is 341. The molecular formula is C11H19N3O2. The molecule has 0 aliphatic heterocycles. The Labute approximate surface area is 95.3 Å². The van der Waals surface area contributed by atoms with Crippen molar-refractivity contribution >= 4 is 0 Å². The van der Waals surface area contributed by atoms with Crippen LogP contribution in [0.4, 0.5) is 0 Å². The van der Waals surface area contributed by atoms with Gasteiger partial charge in [-0.3, -0.25) is 0 Å². The maximum atomic E-state index is 5.51. The highest BCUT2D eigenvalue weighted by atomic mass is 16.5. The van der Waals surface area contributed by atoms with Gasteiger partial charge in [-0.2, -0.15) is 4.98 Å². The molecule has 2 N–H and O–H groups in total. The van der Waals surface area contributed by atoms with Crippen LogP contribution >= 0.6 is 0 Å². The fourth-order valence-electron chi connectivity index (χ4n) is 2.01. The van der Waals surface area contributed by atoms with E-state index in [9.17, 15) is 0 Å². The molecule has 0 bridgehead atoms. The number of rotatable bonds is 5. The third-order valence-electron chi connectivity index (χ3n) is 3.42. The van der Waals surface area contributed by atoms with Crippen molar-refractivity contribution in [2.45, 2.75) is 44.1 Å². The average Bonchev–Trinajstić information content (AvgIpc) is 2.67. The Morgan fingerprint density at radius 2 is 2.31 bits per heavy atom. The first-order valence-corrected chi connectivity index (χ1v) is 5.81. The topological polar surface area (TPSA) is 74.2 Å². The summed E-state index contributed by atoms with van der Waals surface area (Å²) in [7, 11) is 1.71. The third kappa shape index (κ3) is 1.85. The van der Waals surface area contributed by atoms with Crippen molar-refractivity contribution in [1.29, 1.82) is 0 Å². The van der Waals surface area contributed by atoms with Crippen LogP contribution in [-0.4, -0.2) is 23.8 Å². The van der Waals surface area contributed by atoms with Crippen LogP contribution in [0.2, 0.25) is 0 Å². The predicted octanol–water partition coefficient (Wildman–Crippen LogP) is 1.55. The number of nitrogens with zero attached hydrogens (tertiary/aromatic N) is 2. The Morgan fingerprint density at radius 1 is 1.56 bits per heavy atom. The molecule has 1 aromatic heterocycles. The van der Waals surface area contributed by atoms with Gasteiger partial charge in [-0.1, -0.05) is 12.1 Å². The van der Waals surface area contributed by atoms with Crippen LogP contribution in [0.15, 0.2) is 4.52 Å². The van der Waals surface area contributed by atoms with Gasteiger partial charge in [-0.05, 0) is 32.2 Å². The second-order valence-electron chi connectivity index (χ2n) is 4.49. The number of aromatic nitrogens is 2. The monoisotopic (exact) mass is 225 g/mol. The van der Waals surface area contributed by atoms with E-state index in [4.69, 9.17) is 15.0 Å². The number of methoxy groups -OCH3 is 1. The normalized spacial score (nSPS) is 20.4. The molecule has 5 heteroatoms. The molecule has 1 unspecified atom stereocenters. The predicted molar refractivity (Wildman–Crippen MR) is 58.9 cm³/mol. The lowest BCUT2D eigenvalue weighted by Gasteiger charge is -2.37. The summed E-state index contributed by atoms with van der Waals surface area (Å²) in [5.74, 6) is 1.59. The Kier molecular flexibility index (Phi) is 3.25. The number of nitrogens with two attached hydrogens (primary N) is 1.